The number of allylic oxidation sites excluding steroid dienone is 1. The van der Waals surface area contributed by atoms with Crippen LogP contribution in [-0.4, -0.2) is 29.4 Å². The smallest absolute Gasteiger partial charge is 0.416 e. The SMILES string of the molecule is C=CCc1cc(/C=C2\C(=O)NC(=O)N(c3ccc(C)c(Cl)c3)C2=O)cc(OCC)c1Oc1ccc(C(F)(F)F)cc1[N+](=O)[O-]. The first-order valence-electron chi connectivity index (χ1n) is 12.9. The molecule has 1 saturated heterocycles. The number of nitro groups is 1. The van der Waals surface area contributed by atoms with E-state index in [1.54, 1.807) is 19.9 Å². The van der Waals surface area contributed by atoms with Gasteiger partial charge in [-0.25, -0.2) is 9.69 Å². The van der Waals surface area contributed by atoms with Gasteiger partial charge in [0.25, 0.3) is 11.8 Å². The van der Waals surface area contributed by atoms with E-state index in [9.17, 15) is 37.7 Å². The summed E-state index contributed by atoms with van der Waals surface area (Å²) in [7, 11) is 0. The molecule has 228 valence electrons. The number of carbonyl (C=O) groups is 3. The normalized spacial score (nSPS) is 14.5. The number of urea groups is 1. The highest BCUT2D eigenvalue weighted by Crippen LogP contribution is 2.43. The molecular weight excluding hydrogens is 607 g/mol. The highest BCUT2D eigenvalue weighted by atomic mass is 35.5. The number of anilines is 1. The third-order valence-corrected chi connectivity index (χ3v) is 6.75. The van der Waals surface area contributed by atoms with Gasteiger partial charge in [0.2, 0.25) is 5.75 Å². The van der Waals surface area contributed by atoms with Gasteiger partial charge in [0, 0.05) is 16.7 Å². The summed E-state index contributed by atoms with van der Waals surface area (Å²) in [6, 6.07) is 8.23. The Morgan fingerprint density at radius 3 is 2.43 bits per heavy atom. The number of hydrogen-bond donors (Lipinski definition) is 1. The first-order valence-corrected chi connectivity index (χ1v) is 13.2. The van der Waals surface area contributed by atoms with Crippen LogP contribution < -0.4 is 19.7 Å². The van der Waals surface area contributed by atoms with Crippen LogP contribution in [0.2, 0.25) is 5.02 Å². The van der Waals surface area contributed by atoms with Gasteiger partial charge >= 0.3 is 17.9 Å². The first-order chi connectivity index (χ1) is 20.7. The fraction of sp³-hybridized carbons (Fsp3) is 0.167. The van der Waals surface area contributed by atoms with E-state index in [1.165, 1.54) is 36.4 Å². The quantitative estimate of drug-likeness (QED) is 0.0874. The lowest BCUT2D eigenvalue weighted by Gasteiger charge is -2.26. The number of halogens is 4. The van der Waals surface area contributed by atoms with Crippen molar-refractivity contribution in [3.63, 3.8) is 0 Å². The molecule has 3 aromatic rings. The zero-order valence-corrected chi connectivity index (χ0v) is 23.9. The van der Waals surface area contributed by atoms with Crippen LogP contribution in [0.3, 0.4) is 0 Å². The predicted octanol–water partition coefficient (Wildman–Crippen LogP) is 7.16. The van der Waals surface area contributed by atoms with E-state index in [0.29, 0.717) is 28.3 Å². The third kappa shape index (κ3) is 6.57. The van der Waals surface area contributed by atoms with E-state index in [1.807, 2.05) is 0 Å². The van der Waals surface area contributed by atoms with Gasteiger partial charge in [-0.2, -0.15) is 13.2 Å². The van der Waals surface area contributed by atoms with Gasteiger partial charge in [-0.1, -0.05) is 23.7 Å². The van der Waals surface area contributed by atoms with Crippen molar-refractivity contribution in [3.05, 3.63) is 104 Å². The Bertz CT molecular complexity index is 1740. The summed E-state index contributed by atoms with van der Waals surface area (Å²) in [6.45, 7) is 7.13. The van der Waals surface area contributed by atoms with Crippen molar-refractivity contribution >= 4 is 46.9 Å². The monoisotopic (exact) mass is 629 g/mol. The standard InChI is InChI=1S/C30H23ClF3N3O7/c1-4-6-18-11-17(12-21-27(38)35-29(40)36(28(21)39)20-9-7-16(3)22(31)15-20)13-25(43-5-2)26(18)44-24-10-8-19(30(32,33)34)14-23(24)37(41)42/h4,7-15H,1,5-6H2,2-3H3,(H,35,38,40)/b21-12+. The fourth-order valence-electron chi connectivity index (χ4n) is 4.26. The van der Waals surface area contributed by atoms with Gasteiger partial charge in [-0.05, 0) is 73.9 Å². The number of alkyl halides is 3. The van der Waals surface area contributed by atoms with Gasteiger partial charge < -0.3 is 9.47 Å². The Morgan fingerprint density at radius 2 is 1.82 bits per heavy atom. The molecule has 0 atom stereocenters. The second-order valence-electron chi connectivity index (χ2n) is 9.36. The molecule has 4 amide bonds. The zero-order chi connectivity index (χ0) is 32.3. The van der Waals surface area contributed by atoms with Gasteiger partial charge in [0.05, 0.1) is 22.8 Å². The molecular formula is C30H23ClF3N3O7. The number of nitrogens with one attached hydrogen (secondary N) is 1. The lowest BCUT2D eigenvalue weighted by atomic mass is 10.0. The van der Waals surface area contributed by atoms with E-state index < -0.39 is 51.5 Å². The Balaban J connectivity index is 1.81. The Hall–Kier alpha value is -5.17. The lowest BCUT2D eigenvalue weighted by molar-refractivity contribution is -0.385. The molecule has 0 aromatic heterocycles. The van der Waals surface area contributed by atoms with Crippen molar-refractivity contribution in [2.45, 2.75) is 26.4 Å². The summed E-state index contributed by atoms with van der Waals surface area (Å²) in [4.78, 5) is 50.1. The number of rotatable bonds is 9. The third-order valence-electron chi connectivity index (χ3n) is 6.34. The van der Waals surface area contributed by atoms with Crippen LogP contribution in [0, 0.1) is 17.0 Å². The maximum Gasteiger partial charge on any atom is 0.416 e. The van der Waals surface area contributed by atoms with Gasteiger partial charge in [-0.3, -0.25) is 25.0 Å². The molecule has 0 unspecified atom stereocenters. The van der Waals surface area contributed by atoms with Crippen molar-refractivity contribution < 1.29 is 42.0 Å². The number of ether oxygens (including phenoxy) is 2. The lowest BCUT2D eigenvalue weighted by Crippen LogP contribution is -2.54. The molecule has 1 aliphatic rings. The molecule has 0 spiro atoms. The molecule has 0 saturated carbocycles. The van der Waals surface area contributed by atoms with Crippen LogP contribution in [0.1, 0.15) is 29.2 Å². The van der Waals surface area contributed by atoms with Crippen molar-refractivity contribution in [2.24, 2.45) is 0 Å². The summed E-state index contributed by atoms with van der Waals surface area (Å²) in [6.07, 6.45) is -2.05. The fourth-order valence-corrected chi connectivity index (χ4v) is 4.44. The topological polar surface area (TPSA) is 128 Å². The summed E-state index contributed by atoms with van der Waals surface area (Å²) in [5.41, 5.74) is -1.17. The van der Waals surface area contributed by atoms with Crippen LogP contribution in [0.15, 0.2) is 66.8 Å². The summed E-state index contributed by atoms with van der Waals surface area (Å²) in [5, 5.41) is 14.0. The molecule has 0 bridgehead atoms. The van der Waals surface area contributed by atoms with Crippen LogP contribution in [0.5, 0.6) is 17.2 Å². The number of benzene rings is 3. The minimum Gasteiger partial charge on any atom is -0.490 e. The number of imide groups is 2. The number of amides is 4. The summed E-state index contributed by atoms with van der Waals surface area (Å²) < 4.78 is 51.1. The number of hydrogen-bond acceptors (Lipinski definition) is 7. The zero-order valence-electron chi connectivity index (χ0n) is 23.2. The van der Waals surface area contributed by atoms with E-state index >= 15 is 0 Å². The average molecular weight is 630 g/mol. The van der Waals surface area contributed by atoms with E-state index in [4.69, 9.17) is 21.1 Å². The molecule has 1 N–H and O–H groups in total. The number of barbiturate groups is 1. The highest BCUT2D eigenvalue weighted by Gasteiger charge is 2.37. The largest absolute Gasteiger partial charge is 0.490 e. The van der Waals surface area contributed by atoms with E-state index in [2.05, 4.69) is 11.9 Å². The summed E-state index contributed by atoms with van der Waals surface area (Å²) in [5.74, 6) is -2.41. The van der Waals surface area contributed by atoms with E-state index in [-0.39, 0.29) is 35.8 Å². The van der Waals surface area contributed by atoms with Crippen molar-refractivity contribution in [2.75, 3.05) is 11.5 Å². The number of aryl methyl sites for hydroxylation is 1. The van der Waals surface area contributed by atoms with E-state index in [0.717, 1.165) is 11.0 Å². The predicted molar refractivity (Wildman–Crippen MR) is 155 cm³/mol. The number of nitrogens with zero attached hydrogens (tertiary/aromatic N) is 2. The Labute approximate surface area is 253 Å². The first kappa shape index (κ1) is 31.8. The molecule has 0 aliphatic carbocycles. The molecule has 1 heterocycles. The molecule has 3 aromatic carbocycles. The molecule has 1 aliphatic heterocycles. The van der Waals surface area contributed by atoms with Crippen LogP contribution in [0.4, 0.5) is 29.3 Å². The molecule has 0 radical (unpaired) electrons. The molecule has 10 nitrogen and oxygen atoms in total. The molecule has 1 fully saturated rings. The molecule has 44 heavy (non-hydrogen) atoms. The molecule has 14 heteroatoms. The minimum atomic E-state index is -4.82. The number of nitro benzene ring substituents is 1. The van der Waals surface area contributed by atoms with Crippen LogP contribution in [0.25, 0.3) is 6.08 Å². The highest BCUT2D eigenvalue weighted by molar-refractivity contribution is 6.39. The van der Waals surface area contributed by atoms with Gasteiger partial charge in [0.1, 0.15) is 5.57 Å². The minimum absolute atomic E-state index is 0.00908. The van der Waals surface area contributed by atoms with Crippen LogP contribution >= 0.6 is 11.6 Å². The second-order valence-corrected chi connectivity index (χ2v) is 9.77. The van der Waals surface area contributed by atoms with Crippen molar-refractivity contribution in [1.82, 2.24) is 5.32 Å². The Morgan fingerprint density at radius 1 is 1.09 bits per heavy atom. The number of carbonyl (C=O) groups excluding carboxylic acids is 3. The second kappa shape index (κ2) is 12.6. The van der Waals surface area contributed by atoms with Crippen molar-refractivity contribution in [3.8, 4) is 17.2 Å². The maximum atomic E-state index is 13.4. The molecule has 4 rings (SSSR count). The van der Waals surface area contributed by atoms with Gasteiger partial charge in [0.15, 0.2) is 11.5 Å². The van der Waals surface area contributed by atoms with Gasteiger partial charge in [-0.15, -0.1) is 6.58 Å². The maximum absolute atomic E-state index is 13.4. The summed E-state index contributed by atoms with van der Waals surface area (Å²) >= 11 is 6.17. The van der Waals surface area contributed by atoms with Crippen molar-refractivity contribution in [1.29, 1.82) is 0 Å². The Kier molecular flexibility index (Phi) is 9.09. The average Bonchev–Trinajstić information content (AvgIpc) is 2.94. The van der Waals surface area contributed by atoms with Crippen LogP contribution in [-0.2, 0) is 22.2 Å².